The molecule has 0 unspecified atom stereocenters. The predicted octanol–water partition coefficient (Wildman–Crippen LogP) is 2.82. The lowest BCUT2D eigenvalue weighted by Crippen LogP contribution is -2.41. The van der Waals surface area contributed by atoms with Gasteiger partial charge in [0.1, 0.15) is 0 Å². The minimum absolute atomic E-state index is 0.129. The number of allylic oxidation sites excluding steroid dienone is 3. The van der Waals surface area contributed by atoms with Gasteiger partial charge in [-0.2, -0.15) is 0 Å². The van der Waals surface area contributed by atoms with E-state index < -0.39 is 0 Å². The van der Waals surface area contributed by atoms with Gasteiger partial charge in [-0.3, -0.25) is 0 Å². The molecule has 0 spiro atoms. The van der Waals surface area contributed by atoms with Crippen LogP contribution >= 0.6 is 0 Å². The summed E-state index contributed by atoms with van der Waals surface area (Å²) in [6, 6.07) is 0. The fourth-order valence-electron chi connectivity index (χ4n) is 1.35. The van der Waals surface area contributed by atoms with Crippen molar-refractivity contribution >= 4 is 7.12 Å². The third kappa shape index (κ3) is 2.28. The topological polar surface area (TPSA) is 18.5 Å². The summed E-state index contributed by atoms with van der Waals surface area (Å²) in [4.78, 5) is 0. The largest absolute Gasteiger partial charge is 0.461 e. The van der Waals surface area contributed by atoms with Crippen LogP contribution in [0.15, 0.2) is 24.8 Å². The summed E-state index contributed by atoms with van der Waals surface area (Å²) >= 11 is 0. The van der Waals surface area contributed by atoms with Gasteiger partial charge in [0.25, 0.3) is 0 Å². The molecule has 0 N–H and O–H groups in total. The van der Waals surface area contributed by atoms with E-state index in [0.717, 1.165) is 6.32 Å². The van der Waals surface area contributed by atoms with E-state index in [1.54, 1.807) is 6.08 Å². The Labute approximate surface area is 87.1 Å². The standard InChI is InChI=1S/C11H19BO2/c1-6-7-8-9-12-13-10(2,3)11(4,5)14-12/h6-8H,1,9H2,2-5H3. The molecule has 1 saturated heterocycles. The minimum atomic E-state index is -0.223. The van der Waals surface area contributed by atoms with Gasteiger partial charge < -0.3 is 9.31 Å². The predicted molar refractivity (Wildman–Crippen MR) is 60.2 cm³/mol. The normalized spacial score (nSPS) is 24.4. The van der Waals surface area contributed by atoms with Crippen LogP contribution in [-0.4, -0.2) is 18.3 Å². The van der Waals surface area contributed by atoms with Gasteiger partial charge in [0.15, 0.2) is 0 Å². The first-order valence-electron chi connectivity index (χ1n) is 5.02. The molecular weight excluding hydrogens is 175 g/mol. The number of hydrogen-bond acceptors (Lipinski definition) is 2. The van der Waals surface area contributed by atoms with Crippen molar-refractivity contribution in [2.45, 2.75) is 45.2 Å². The molecule has 3 heteroatoms. The van der Waals surface area contributed by atoms with Gasteiger partial charge >= 0.3 is 7.12 Å². The van der Waals surface area contributed by atoms with Crippen molar-refractivity contribution < 1.29 is 9.31 Å². The molecule has 78 valence electrons. The third-order valence-electron chi connectivity index (χ3n) is 2.90. The first kappa shape index (κ1) is 11.5. The van der Waals surface area contributed by atoms with Crippen LogP contribution in [0.4, 0.5) is 0 Å². The van der Waals surface area contributed by atoms with Crippen molar-refractivity contribution in [3.8, 4) is 0 Å². The monoisotopic (exact) mass is 194 g/mol. The maximum Gasteiger partial charge on any atom is 0.461 e. The van der Waals surface area contributed by atoms with Gasteiger partial charge in [0.05, 0.1) is 11.2 Å². The second-order valence-electron chi connectivity index (χ2n) is 4.59. The van der Waals surface area contributed by atoms with Crippen LogP contribution in [0.3, 0.4) is 0 Å². The van der Waals surface area contributed by atoms with Crippen LogP contribution in [0.2, 0.25) is 6.32 Å². The average molecular weight is 194 g/mol. The van der Waals surface area contributed by atoms with Crippen LogP contribution in [0.5, 0.6) is 0 Å². The van der Waals surface area contributed by atoms with Crippen molar-refractivity contribution in [2.75, 3.05) is 0 Å². The Kier molecular flexibility index (Phi) is 3.22. The highest BCUT2D eigenvalue weighted by Crippen LogP contribution is 2.37. The Morgan fingerprint density at radius 1 is 1.14 bits per heavy atom. The Hall–Kier alpha value is -0.535. The fraction of sp³-hybridized carbons (Fsp3) is 0.636. The third-order valence-corrected chi connectivity index (χ3v) is 2.90. The van der Waals surface area contributed by atoms with Crippen molar-refractivity contribution in [1.82, 2.24) is 0 Å². The average Bonchev–Trinajstić information content (AvgIpc) is 2.21. The molecule has 2 nitrogen and oxygen atoms in total. The van der Waals surface area contributed by atoms with Crippen LogP contribution in [-0.2, 0) is 9.31 Å². The molecule has 1 rings (SSSR count). The Morgan fingerprint density at radius 3 is 2.07 bits per heavy atom. The highest BCUT2D eigenvalue weighted by molar-refractivity contribution is 6.46. The van der Waals surface area contributed by atoms with E-state index in [-0.39, 0.29) is 18.3 Å². The van der Waals surface area contributed by atoms with Crippen molar-refractivity contribution in [1.29, 1.82) is 0 Å². The molecule has 1 aliphatic heterocycles. The Balaban J connectivity index is 2.55. The maximum absolute atomic E-state index is 5.80. The maximum atomic E-state index is 5.80. The zero-order chi connectivity index (χ0) is 10.8. The molecule has 0 aromatic carbocycles. The lowest BCUT2D eigenvalue weighted by atomic mass is 9.85. The number of hydrogen-bond donors (Lipinski definition) is 0. The summed E-state index contributed by atoms with van der Waals surface area (Å²) in [5.74, 6) is 0. The van der Waals surface area contributed by atoms with E-state index in [1.165, 1.54) is 0 Å². The Bertz CT molecular complexity index is 228. The first-order chi connectivity index (χ1) is 6.39. The van der Waals surface area contributed by atoms with Crippen molar-refractivity contribution in [3.63, 3.8) is 0 Å². The van der Waals surface area contributed by atoms with Crippen LogP contribution < -0.4 is 0 Å². The molecule has 1 aliphatic rings. The smallest absolute Gasteiger partial charge is 0.403 e. The molecule has 1 fully saturated rings. The molecule has 1 heterocycles. The summed E-state index contributed by atoms with van der Waals surface area (Å²) in [5, 5.41) is 0. The molecular formula is C11H19BO2. The summed E-state index contributed by atoms with van der Waals surface area (Å²) in [7, 11) is -0.129. The van der Waals surface area contributed by atoms with Crippen molar-refractivity contribution in [3.05, 3.63) is 24.8 Å². The molecule has 0 aromatic rings. The molecule has 0 aromatic heterocycles. The van der Waals surface area contributed by atoms with Gasteiger partial charge in [0, 0.05) is 6.32 Å². The molecule has 0 aliphatic carbocycles. The van der Waals surface area contributed by atoms with Crippen LogP contribution in [0.25, 0.3) is 0 Å². The van der Waals surface area contributed by atoms with E-state index in [4.69, 9.17) is 9.31 Å². The lowest BCUT2D eigenvalue weighted by Gasteiger charge is -2.32. The SMILES string of the molecule is C=CC=CCB1OC(C)(C)C(C)(C)O1. The van der Waals surface area contributed by atoms with Gasteiger partial charge in [-0.05, 0) is 27.7 Å². The highest BCUT2D eigenvalue weighted by atomic mass is 16.7. The van der Waals surface area contributed by atoms with Crippen LogP contribution in [0.1, 0.15) is 27.7 Å². The molecule has 0 atom stereocenters. The van der Waals surface area contributed by atoms with Crippen LogP contribution in [0, 0.1) is 0 Å². The molecule has 0 amide bonds. The Morgan fingerprint density at radius 2 is 1.64 bits per heavy atom. The second kappa shape index (κ2) is 3.91. The zero-order valence-electron chi connectivity index (χ0n) is 9.54. The summed E-state index contributed by atoms with van der Waals surface area (Å²) in [5.41, 5.74) is -0.445. The van der Waals surface area contributed by atoms with E-state index in [0.29, 0.717) is 0 Å². The summed E-state index contributed by atoms with van der Waals surface area (Å²) in [6.07, 6.45) is 6.45. The summed E-state index contributed by atoms with van der Waals surface area (Å²) in [6.45, 7) is 11.9. The van der Waals surface area contributed by atoms with E-state index in [9.17, 15) is 0 Å². The highest BCUT2D eigenvalue weighted by Gasteiger charge is 2.50. The van der Waals surface area contributed by atoms with Gasteiger partial charge in [-0.15, -0.1) is 0 Å². The number of rotatable bonds is 3. The first-order valence-corrected chi connectivity index (χ1v) is 5.02. The quantitative estimate of drug-likeness (QED) is 0.508. The second-order valence-corrected chi connectivity index (χ2v) is 4.59. The molecule has 0 bridgehead atoms. The summed E-state index contributed by atoms with van der Waals surface area (Å²) < 4.78 is 11.6. The van der Waals surface area contributed by atoms with Gasteiger partial charge in [-0.1, -0.05) is 24.8 Å². The van der Waals surface area contributed by atoms with Gasteiger partial charge in [0.2, 0.25) is 0 Å². The van der Waals surface area contributed by atoms with E-state index in [2.05, 4.69) is 34.3 Å². The van der Waals surface area contributed by atoms with Crippen molar-refractivity contribution in [2.24, 2.45) is 0 Å². The minimum Gasteiger partial charge on any atom is -0.403 e. The zero-order valence-corrected chi connectivity index (χ0v) is 9.54. The van der Waals surface area contributed by atoms with E-state index >= 15 is 0 Å². The molecule has 0 saturated carbocycles. The lowest BCUT2D eigenvalue weighted by molar-refractivity contribution is 0.00578. The molecule has 14 heavy (non-hydrogen) atoms. The van der Waals surface area contributed by atoms with Gasteiger partial charge in [-0.25, -0.2) is 0 Å². The fourth-order valence-corrected chi connectivity index (χ4v) is 1.35. The van der Waals surface area contributed by atoms with E-state index in [1.807, 2.05) is 12.2 Å². The molecule has 0 radical (unpaired) electrons.